The monoisotopic (exact) mass is 336 g/mol. The predicted octanol–water partition coefficient (Wildman–Crippen LogP) is 3.04. The molecular weight excluding hydrogens is 316 g/mol. The van der Waals surface area contributed by atoms with E-state index in [2.05, 4.69) is 11.6 Å². The summed E-state index contributed by atoms with van der Waals surface area (Å²) in [5.41, 5.74) is 6.84. The highest BCUT2D eigenvalue weighted by Crippen LogP contribution is 2.26. The van der Waals surface area contributed by atoms with Gasteiger partial charge in [-0.05, 0) is 49.5 Å². The van der Waals surface area contributed by atoms with Gasteiger partial charge in [0.15, 0.2) is 0 Å². The van der Waals surface area contributed by atoms with Crippen LogP contribution in [-0.2, 0) is 10.0 Å². The maximum Gasteiger partial charge on any atom is 0.240 e. The Morgan fingerprint density at radius 3 is 2.65 bits per heavy atom. The van der Waals surface area contributed by atoms with Crippen LogP contribution >= 0.6 is 23.4 Å². The molecule has 0 spiro atoms. The van der Waals surface area contributed by atoms with Crippen molar-refractivity contribution in [2.24, 2.45) is 0 Å². The summed E-state index contributed by atoms with van der Waals surface area (Å²) >= 11 is 7.78. The van der Waals surface area contributed by atoms with E-state index in [4.69, 9.17) is 17.3 Å². The Morgan fingerprint density at radius 1 is 1.45 bits per heavy atom. The number of anilines is 1. The second kappa shape index (κ2) is 7.54. The number of sulfonamides is 1. The van der Waals surface area contributed by atoms with Crippen molar-refractivity contribution in [3.63, 3.8) is 0 Å². The van der Waals surface area contributed by atoms with E-state index < -0.39 is 10.0 Å². The van der Waals surface area contributed by atoms with Crippen molar-refractivity contribution in [1.82, 2.24) is 4.72 Å². The van der Waals surface area contributed by atoms with Crippen molar-refractivity contribution >= 4 is 39.1 Å². The van der Waals surface area contributed by atoms with E-state index >= 15 is 0 Å². The molecule has 1 atom stereocenters. The van der Waals surface area contributed by atoms with Gasteiger partial charge in [-0.25, -0.2) is 13.1 Å². The van der Waals surface area contributed by atoms with E-state index in [-0.39, 0.29) is 10.9 Å². The molecule has 3 N–H and O–H groups in total. The summed E-state index contributed by atoms with van der Waals surface area (Å²) in [6.45, 7) is 5.69. The third kappa shape index (κ3) is 4.84. The van der Waals surface area contributed by atoms with Crippen LogP contribution in [0.1, 0.15) is 25.8 Å². The van der Waals surface area contributed by atoms with Gasteiger partial charge < -0.3 is 5.73 Å². The number of nitrogens with one attached hydrogen (secondary N) is 1. The molecule has 0 aromatic heterocycles. The minimum absolute atomic E-state index is 0.112. The molecule has 4 nitrogen and oxygen atoms in total. The van der Waals surface area contributed by atoms with Crippen LogP contribution in [0.5, 0.6) is 0 Å². The summed E-state index contributed by atoms with van der Waals surface area (Å²) in [7, 11) is -3.58. The lowest BCUT2D eigenvalue weighted by Crippen LogP contribution is -2.33. The van der Waals surface area contributed by atoms with Gasteiger partial charge in [0.1, 0.15) is 0 Å². The van der Waals surface area contributed by atoms with Gasteiger partial charge >= 0.3 is 0 Å². The first-order valence-corrected chi connectivity index (χ1v) is 9.45. The number of nitrogen functional groups attached to an aromatic ring is 1. The molecule has 20 heavy (non-hydrogen) atoms. The van der Waals surface area contributed by atoms with E-state index in [1.165, 1.54) is 12.1 Å². The lowest BCUT2D eigenvalue weighted by Gasteiger charge is -2.15. The van der Waals surface area contributed by atoms with Crippen LogP contribution in [0.15, 0.2) is 17.0 Å². The standard InChI is InChI=1S/C13H21ClN2O2S2/c1-4-19-6-5-9(2)16-20(17,18)11-7-12(14)10(3)13(15)8-11/h7-9,16H,4-6,15H2,1-3H3. The highest BCUT2D eigenvalue weighted by atomic mass is 35.5. The van der Waals surface area contributed by atoms with Crippen LogP contribution in [0.2, 0.25) is 5.02 Å². The first-order valence-electron chi connectivity index (χ1n) is 6.43. The molecule has 0 saturated carbocycles. The highest BCUT2D eigenvalue weighted by Gasteiger charge is 2.19. The maximum atomic E-state index is 12.3. The minimum atomic E-state index is -3.58. The van der Waals surface area contributed by atoms with Gasteiger partial charge in [0.25, 0.3) is 0 Å². The van der Waals surface area contributed by atoms with Gasteiger partial charge in [0.2, 0.25) is 10.0 Å². The summed E-state index contributed by atoms with van der Waals surface area (Å²) in [6.07, 6.45) is 0.785. The zero-order valence-electron chi connectivity index (χ0n) is 11.9. The number of hydrogen-bond acceptors (Lipinski definition) is 4. The molecule has 0 aliphatic heterocycles. The fourth-order valence-corrected chi connectivity index (χ4v) is 4.06. The third-order valence-electron chi connectivity index (χ3n) is 2.92. The Labute approximate surface area is 130 Å². The van der Waals surface area contributed by atoms with Crippen molar-refractivity contribution in [3.8, 4) is 0 Å². The molecule has 0 saturated heterocycles. The zero-order chi connectivity index (χ0) is 15.3. The van der Waals surface area contributed by atoms with Gasteiger partial charge in [0, 0.05) is 16.8 Å². The van der Waals surface area contributed by atoms with Crippen molar-refractivity contribution < 1.29 is 8.42 Å². The zero-order valence-corrected chi connectivity index (χ0v) is 14.3. The normalized spacial score (nSPS) is 13.4. The molecule has 1 rings (SSSR count). The topological polar surface area (TPSA) is 72.2 Å². The van der Waals surface area contributed by atoms with Crippen LogP contribution in [0.4, 0.5) is 5.69 Å². The predicted molar refractivity (Wildman–Crippen MR) is 88.0 cm³/mol. The van der Waals surface area contributed by atoms with Crippen molar-refractivity contribution in [2.45, 2.75) is 38.1 Å². The van der Waals surface area contributed by atoms with Crippen LogP contribution in [0.3, 0.4) is 0 Å². The molecule has 1 aromatic rings. The summed E-state index contributed by atoms with van der Waals surface area (Å²) in [5.74, 6) is 1.96. The van der Waals surface area contributed by atoms with Crippen molar-refractivity contribution in [1.29, 1.82) is 0 Å². The second-order valence-corrected chi connectivity index (χ2v) is 8.14. The Balaban J connectivity index is 2.84. The maximum absolute atomic E-state index is 12.3. The van der Waals surface area contributed by atoms with E-state index in [0.29, 0.717) is 16.3 Å². The largest absolute Gasteiger partial charge is 0.398 e. The molecule has 0 heterocycles. The molecule has 0 fully saturated rings. The summed E-state index contributed by atoms with van der Waals surface area (Å²) in [4.78, 5) is 0.112. The summed E-state index contributed by atoms with van der Waals surface area (Å²) in [6, 6.07) is 2.75. The van der Waals surface area contributed by atoms with Crippen molar-refractivity contribution in [3.05, 3.63) is 22.7 Å². The molecule has 0 bridgehead atoms. The van der Waals surface area contributed by atoms with Gasteiger partial charge in [0.05, 0.1) is 4.90 Å². The van der Waals surface area contributed by atoms with Gasteiger partial charge in [-0.3, -0.25) is 0 Å². The molecule has 0 amide bonds. The van der Waals surface area contributed by atoms with Crippen LogP contribution < -0.4 is 10.5 Å². The quantitative estimate of drug-likeness (QED) is 0.593. The number of halogens is 1. The first-order chi connectivity index (χ1) is 9.27. The van der Waals surface area contributed by atoms with E-state index in [9.17, 15) is 8.42 Å². The smallest absolute Gasteiger partial charge is 0.240 e. The van der Waals surface area contributed by atoms with Gasteiger partial charge in [-0.1, -0.05) is 18.5 Å². The Morgan fingerprint density at radius 2 is 2.10 bits per heavy atom. The van der Waals surface area contributed by atoms with Gasteiger partial charge in [-0.2, -0.15) is 11.8 Å². The molecule has 7 heteroatoms. The third-order valence-corrected chi connectivity index (χ3v) is 5.82. The Hall–Kier alpha value is -0.430. The molecule has 0 aliphatic rings. The number of benzene rings is 1. The Bertz CT molecular complexity index is 538. The SMILES string of the molecule is CCSCCC(C)NS(=O)(=O)c1cc(N)c(C)c(Cl)c1. The Kier molecular flexibility index (Phi) is 6.64. The van der Waals surface area contributed by atoms with E-state index in [0.717, 1.165) is 17.9 Å². The summed E-state index contributed by atoms with van der Waals surface area (Å²) in [5, 5.41) is 0.361. The number of nitrogens with two attached hydrogens (primary N) is 1. The fraction of sp³-hybridized carbons (Fsp3) is 0.538. The summed E-state index contributed by atoms with van der Waals surface area (Å²) < 4.78 is 27.2. The average molecular weight is 337 g/mol. The number of hydrogen-bond donors (Lipinski definition) is 2. The molecular formula is C13H21ClN2O2S2. The van der Waals surface area contributed by atoms with Gasteiger partial charge in [-0.15, -0.1) is 0 Å². The number of thioether (sulfide) groups is 1. The minimum Gasteiger partial charge on any atom is -0.398 e. The second-order valence-electron chi connectivity index (χ2n) is 4.63. The average Bonchev–Trinajstić information content (AvgIpc) is 2.35. The highest BCUT2D eigenvalue weighted by molar-refractivity contribution is 7.99. The number of rotatable bonds is 7. The molecule has 114 valence electrons. The first kappa shape index (κ1) is 17.6. The molecule has 0 radical (unpaired) electrons. The molecule has 1 aromatic carbocycles. The van der Waals surface area contributed by atoms with Crippen molar-refractivity contribution in [2.75, 3.05) is 17.2 Å². The fourth-order valence-electron chi connectivity index (χ4n) is 1.63. The van der Waals surface area contributed by atoms with Crippen LogP contribution in [-0.4, -0.2) is 26.0 Å². The lowest BCUT2D eigenvalue weighted by molar-refractivity contribution is 0.557. The van der Waals surface area contributed by atoms with Crippen LogP contribution in [0, 0.1) is 6.92 Å². The van der Waals surface area contributed by atoms with Crippen LogP contribution in [0.25, 0.3) is 0 Å². The molecule has 0 aliphatic carbocycles. The molecule has 1 unspecified atom stereocenters. The van der Waals surface area contributed by atoms with E-state index in [1.807, 2.05) is 6.92 Å². The van der Waals surface area contributed by atoms with E-state index in [1.54, 1.807) is 18.7 Å². The lowest BCUT2D eigenvalue weighted by atomic mass is 10.2.